The second-order valence-corrected chi connectivity index (χ2v) is 5.35. The highest BCUT2D eigenvalue weighted by Gasteiger charge is 2.43. The minimum absolute atomic E-state index is 0.137. The highest BCUT2D eigenvalue weighted by Crippen LogP contribution is 2.29. The zero-order valence-corrected chi connectivity index (χ0v) is 10.1. The lowest BCUT2D eigenvalue weighted by Crippen LogP contribution is -2.35. The summed E-state index contributed by atoms with van der Waals surface area (Å²) in [5.74, 6) is 0. The molecule has 0 radical (unpaired) electrons. The van der Waals surface area contributed by atoms with Gasteiger partial charge in [-0.3, -0.25) is 4.21 Å². The molecule has 0 aromatic heterocycles. The number of nitrogens with two attached hydrogens (primary N) is 1. The lowest BCUT2D eigenvalue weighted by molar-refractivity contribution is -0.130. The zero-order chi connectivity index (χ0) is 13.1. The first-order valence-electron chi connectivity index (χ1n) is 5.10. The quantitative estimate of drug-likeness (QED) is 0.908. The van der Waals surface area contributed by atoms with Gasteiger partial charge in [-0.2, -0.15) is 13.2 Å². The third-order valence-electron chi connectivity index (χ3n) is 2.31. The van der Waals surface area contributed by atoms with Gasteiger partial charge in [0.2, 0.25) is 0 Å². The topological polar surface area (TPSA) is 43.1 Å². The van der Waals surface area contributed by atoms with Gasteiger partial charge in [0.1, 0.15) is 5.25 Å². The molecule has 1 aromatic rings. The summed E-state index contributed by atoms with van der Waals surface area (Å²) in [6.45, 7) is 1.68. The van der Waals surface area contributed by atoms with Gasteiger partial charge >= 0.3 is 6.18 Å². The summed E-state index contributed by atoms with van der Waals surface area (Å²) in [6, 6.07) is 6.20. The molecule has 0 amide bonds. The zero-order valence-electron chi connectivity index (χ0n) is 9.33. The van der Waals surface area contributed by atoms with Crippen molar-refractivity contribution >= 4 is 10.8 Å². The van der Waals surface area contributed by atoms with Gasteiger partial charge in [0.05, 0.1) is 10.8 Å². The van der Waals surface area contributed by atoms with Crippen molar-refractivity contribution in [1.82, 2.24) is 0 Å². The summed E-state index contributed by atoms with van der Waals surface area (Å²) in [5, 5.41) is -1.89. The van der Waals surface area contributed by atoms with E-state index in [1.54, 1.807) is 12.1 Å². The number of aryl methyl sites for hydroxylation is 1. The van der Waals surface area contributed by atoms with Crippen LogP contribution in [-0.2, 0) is 10.8 Å². The highest BCUT2D eigenvalue weighted by atomic mass is 32.2. The molecule has 0 aliphatic rings. The summed E-state index contributed by atoms with van der Waals surface area (Å²) >= 11 is 0. The molecule has 0 spiro atoms. The third-order valence-corrected chi connectivity index (χ3v) is 4.06. The van der Waals surface area contributed by atoms with Gasteiger partial charge in [-0.1, -0.05) is 17.7 Å². The molecular formula is C11H14F3NOS. The number of hydrogen-bond acceptors (Lipinski definition) is 2. The van der Waals surface area contributed by atoms with Crippen LogP contribution in [0.15, 0.2) is 29.2 Å². The van der Waals surface area contributed by atoms with E-state index in [2.05, 4.69) is 0 Å². The van der Waals surface area contributed by atoms with Gasteiger partial charge in [0.15, 0.2) is 0 Å². The minimum Gasteiger partial charge on any atom is -0.330 e. The number of hydrogen-bond donors (Lipinski definition) is 1. The Bertz CT molecular complexity index is 389. The van der Waals surface area contributed by atoms with Crippen LogP contribution >= 0.6 is 0 Å². The fourth-order valence-corrected chi connectivity index (χ4v) is 2.71. The molecule has 2 N–H and O–H groups in total. The van der Waals surface area contributed by atoms with E-state index in [0.29, 0.717) is 0 Å². The van der Waals surface area contributed by atoms with Crippen molar-refractivity contribution in [2.75, 3.05) is 6.54 Å². The first-order chi connectivity index (χ1) is 7.86. The molecule has 1 rings (SSSR count). The predicted octanol–water partition coefficient (Wildman–Crippen LogP) is 2.38. The Morgan fingerprint density at radius 2 is 1.82 bits per heavy atom. The van der Waals surface area contributed by atoms with Crippen molar-refractivity contribution in [2.24, 2.45) is 5.73 Å². The molecule has 0 fully saturated rings. The molecule has 0 saturated heterocycles. The maximum Gasteiger partial charge on any atom is 0.403 e. The molecule has 2 nitrogen and oxygen atoms in total. The van der Waals surface area contributed by atoms with Gasteiger partial charge in [-0.05, 0) is 32.0 Å². The molecule has 0 saturated carbocycles. The van der Waals surface area contributed by atoms with Gasteiger partial charge in [0, 0.05) is 4.90 Å². The van der Waals surface area contributed by atoms with Crippen LogP contribution in [0.1, 0.15) is 12.0 Å². The number of benzene rings is 1. The fourth-order valence-electron chi connectivity index (χ4n) is 1.38. The van der Waals surface area contributed by atoms with E-state index in [9.17, 15) is 17.4 Å². The van der Waals surface area contributed by atoms with E-state index in [4.69, 9.17) is 5.73 Å². The van der Waals surface area contributed by atoms with Crippen LogP contribution in [0.5, 0.6) is 0 Å². The van der Waals surface area contributed by atoms with E-state index in [-0.39, 0.29) is 17.9 Å². The largest absolute Gasteiger partial charge is 0.403 e. The van der Waals surface area contributed by atoms with Crippen molar-refractivity contribution in [3.63, 3.8) is 0 Å². The van der Waals surface area contributed by atoms with Crippen LogP contribution in [0.25, 0.3) is 0 Å². The van der Waals surface area contributed by atoms with E-state index in [0.717, 1.165) is 5.56 Å². The van der Waals surface area contributed by atoms with E-state index < -0.39 is 22.2 Å². The lowest BCUT2D eigenvalue weighted by Gasteiger charge is -2.19. The maximum absolute atomic E-state index is 12.7. The summed E-state index contributed by atoms with van der Waals surface area (Å²) < 4.78 is 49.8. The molecule has 0 bridgehead atoms. The summed E-state index contributed by atoms with van der Waals surface area (Å²) in [4.78, 5) is 0.186. The second kappa shape index (κ2) is 5.64. The Balaban J connectivity index is 2.96. The van der Waals surface area contributed by atoms with Gasteiger partial charge in [-0.25, -0.2) is 0 Å². The summed E-state index contributed by atoms with van der Waals surface area (Å²) in [6.07, 6.45) is -4.82. The summed E-state index contributed by atoms with van der Waals surface area (Å²) in [7, 11) is -2.10. The molecule has 0 aliphatic heterocycles. The maximum atomic E-state index is 12.7. The molecule has 0 aliphatic carbocycles. The SMILES string of the molecule is Cc1ccc(S(=O)C(CCN)C(F)(F)F)cc1. The van der Waals surface area contributed by atoms with Crippen molar-refractivity contribution in [1.29, 1.82) is 0 Å². The van der Waals surface area contributed by atoms with E-state index in [1.807, 2.05) is 6.92 Å². The molecular weight excluding hydrogens is 251 g/mol. The van der Waals surface area contributed by atoms with Crippen LogP contribution in [0.3, 0.4) is 0 Å². The average Bonchev–Trinajstić information content (AvgIpc) is 2.24. The van der Waals surface area contributed by atoms with Crippen LogP contribution in [0, 0.1) is 6.92 Å². The highest BCUT2D eigenvalue weighted by molar-refractivity contribution is 7.85. The predicted molar refractivity (Wildman–Crippen MR) is 61.1 cm³/mol. The smallest absolute Gasteiger partial charge is 0.330 e. The number of halogens is 3. The molecule has 6 heteroatoms. The molecule has 17 heavy (non-hydrogen) atoms. The molecule has 2 atom stereocenters. The first kappa shape index (κ1) is 14.2. The fraction of sp³-hybridized carbons (Fsp3) is 0.455. The Morgan fingerprint density at radius 3 is 2.24 bits per heavy atom. The standard InChI is InChI=1S/C11H14F3NOS/c1-8-2-4-9(5-3-8)17(16)10(6-7-15)11(12,13)14/h2-5,10H,6-7,15H2,1H3. The van der Waals surface area contributed by atoms with Crippen molar-refractivity contribution in [3.8, 4) is 0 Å². The van der Waals surface area contributed by atoms with Gasteiger partial charge < -0.3 is 5.73 Å². The van der Waals surface area contributed by atoms with Crippen molar-refractivity contribution in [3.05, 3.63) is 29.8 Å². The molecule has 2 unspecified atom stereocenters. The van der Waals surface area contributed by atoms with E-state index >= 15 is 0 Å². The lowest BCUT2D eigenvalue weighted by atomic mass is 10.2. The number of alkyl halides is 3. The van der Waals surface area contributed by atoms with E-state index in [1.165, 1.54) is 12.1 Å². The van der Waals surface area contributed by atoms with Gasteiger partial charge in [-0.15, -0.1) is 0 Å². The normalized spacial score (nSPS) is 15.6. The Labute approximate surface area is 100 Å². The van der Waals surface area contributed by atoms with Crippen LogP contribution in [-0.4, -0.2) is 22.2 Å². The molecule has 96 valence electrons. The Morgan fingerprint density at radius 1 is 1.29 bits per heavy atom. The monoisotopic (exact) mass is 265 g/mol. The third kappa shape index (κ3) is 3.81. The summed E-state index contributed by atoms with van der Waals surface area (Å²) in [5.41, 5.74) is 6.04. The minimum atomic E-state index is -4.49. The van der Waals surface area contributed by atoms with Crippen LogP contribution in [0.2, 0.25) is 0 Å². The Kier molecular flexibility index (Phi) is 4.70. The van der Waals surface area contributed by atoms with Gasteiger partial charge in [0.25, 0.3) is 0 Å². The molecule has 1 aromatic carbocycles. The Hall–Kier alpha value is -0.880. The average molecular weight is 265 g/mol. The van der Waals surface area contributed by atoms with Crippen LogP contribution in [0.4, 0.5) is 13.2 Å². The molecule has 0 heterocycles. The first-order valence-corrected chi connectivity index (χ1v) is 6.31. The van der Waals surface area contributed by atoms with Crippen molar-refractivity contribution < 1.29 is 17.4 Å². The second-order valence-electron chi connectivity index (χ2n) is 3.72. The van der Waals surface area contributed by atoms with Crippen LogP contribution < -0.4 is 5.73 Å². The van der Waals surface area contributed by atoms with Crippen molar-refractivity contribution in [2.45, 2.75) is 29.7 Å². The number of rotatable bonds is 4.